The van der Waals surface area contributed by atoms with Gasteiger partial charge in [0.15, 0.2) is 5.03 Å². The summed E-state index contributed by atoms with van der Waals surface area (Å²) in [4.78, 5) is 2.47. The zero-order chi connectivity index (χ0) is 12.0. The average Bonchev–Trinajstić information content (AvgIpc) is 2.00. The summed E-state index contributed by atoms with van der Waals surface area (Å²) in [5.74, 6) is 0. The number of nitrogens with zero attached hydrogens (tertiary/aromatic N) is 1. The fourth-order valence-electron chi connectivity index (χ4n) is 0.773. The van der Waals surface area contributed by atoms with Crippen LogP contribution in [0, 0.1) is 0 Å². The topological polar surface area (TPSA) is 53.4 Å². The Morgan fingerprint density at radius 2 is 1.60 bits per heavy atom. The first kappa shape index (κ1) is 12.2. The molecule has 1 rings (SSSR count). The van der Waals surface area contributed by atoms with Crippen molar-refractivity contribution in [3.05, 3.63) is 18.3 Å². The lowest BCUT2D eigenvalue weighted by Crippen LogP contribution is -2.30. The Morgan fingerprint density at radius 3 is 1.87 bits per heavy atom. The molecule has 0 aliphatic rings. The minimum absolute atomic E-state index is 0.0102. The highest BCUT2D eigenvalue weighted by atomic mass is 32.5. The second kappa shape index (κ2) is 2.63. The standard InChI is InChI=1S/C5H5BF5NO2S/c7-15(8,9,10,11)5-2-1-4(3-12-5)6(13)14/h1-3,13-14H. The summed E-state index contributed by atoms with van der Waals surface area (Å²) in [5.41, 5.74) is -0.402. The van der Waals surface area contributed by atoms with E-state index in [9.17, 15) is 19.4 Å². The lowest BCUT2D eigenvalue weighted by atomic mass is 9.82. The quantitative estimate of drug-likeness (QED) is 0.615. The third-order valence-electron chi connectivity index (χ3n) is 1.45. The maximum atomic E-state index is 12.1. The van der Waals surface area contributed by atoms with Crippen molar-refractivity contribution in [2.24, 2.45) is 0 Å². The van der Waals surface area contributed by atoms with Crippen molar-refractivity contribution in [2.75, 3.05) is 0 Å². The van der Waals surface area contributed by atoms with Crippen LogP contribution in [0.5, 0.6) is 0 Å². The Bertz CT molecular complexity index is 376. The van der Waals surface area contributed by atoms with Gasteiger partial charge in [-0.15, -0.1) is 0 Å². The van der Waals surface area contributed by atoms with Crippen LogP contribution in [-0.2, 0) is 0 Å². The van der Waals surface area contributed by atoms with Crippen molar-refractivity contribution in [2.45, 2.75) is 5.03 Å². The minimum atomic E-state index is -9.76. The van der Waals surface area contributed by atoms with Crippen LogP contribution in [-0.4, -0.2) is 22.2 Å². The molecule has 2 N–H and O–H groups in total. The van der Waals surface area contributed by atoms with Gasteiger partial charge in [0.2, 0.25) is 0 Å². The fourth-order valence-corrected chi connectivity index (χ4v) is 1.35. The van der Waals surface area contributed by atoms with Gasteiger partial charge in [-0.25, -0.2) is 4.98 Å². The highest BCUT2D eigenvalue weighted by Gasteiger charge is 2.67. The summed E-state index contributed by atoms with van der Waals surface area (Å²) >= 11 is 0. The number of aromatic nitrogens is 1. The third-order valence-corrected chi connectivity index (χ3v) is 2.48. The molecular formula is C5H5BF5NO2S. The molecule has 0 radical (unpaired) electrons. The number of hydrogen-bond acceptors (Lipinski definition) is 3. The van der Waals surface area contributed by atoms with E-state index in [2.05, 4.69) is 4.98 Å². The van der Waals surface area contributed by atoms with E-state index in [0.29, 0.717) is 12.3 Å². The van der Waals surface area contributed by atoms with Gasteiger partial charge in [0.05, 0.1) is 0 Å². The summed E-state index contributed by atoms with van der Waals surface area (Å²) in [6.07, 6.45) is 0.331. The Morgan fingerprint density at radius 1 is 1.07 bits per heavy atom. The average molecular weight is 249 g/mol. The molecule has 0 saturated carbocycles. The molecule has 0 aliphatic heterocycles. The molecule has 0 bridgehead atoms. The highest BCUT2D eigenvalue weighted by molar-refractivity contribution is 8.45. The molecule has 0 atom stereocenters. The molecule has 0 spiro atoms. The van der Waals surface area contributed by atoms with Crippen molar-refractivity contribution in [3.63, 3.8) is 0 Å². The van der Waals surface area contributed by atoms with Gasteiger partial charge in [-0.05, 0) is 6.07 Å². The van der Waals surface area contributed by atoms with Gasteiger partial charge in [0.25, 0.3) is 0 Å². The van der Waals surface area contributed by atoms with Gasteiger partial charge < -0.3 is 10.0 Å². The SMILES string of the molecule is OB(O)c1ccc(S(F)(F)(F)(F)F)nc1. The summed E-state index contributed by atoms with van der Waals surface area (Å²) < 4.78 is 60.5. The van der Waals surface area contributed by atoms with Gasteiger partial charge >= 0.3 is 17.3 Å². The first-order chi connectivity index (χ1) is 6.40. The van der Waals surface area contributed by atoms with E-state index in [1.54, 1.807) is 0 Å². The van der Waals surface area contributed by atoms with Gasteiger partial charge in [0, 0.05) is 11.7 Å². The zero-order valence-corrected chi connectivity index (χ0v) is 7.77. The smallest absolute Gasteiger partial charge is 0.423 e. The van der Waals surface area contributed by atoms with Crippen LogP contribution in [0.2, 0.25) is 0 Å². The number of rotatable bonds is 2. The molecule has 0 aliphatic carbocycles. The molecule has 3 nitrogen and oxygen atoms in total. The normalized spacial score (nSPS) is 16.7. The van der Waals surface area contributed by atoms with Gasteiger partial charge in [-0.2, -0.15) is 0 Å². The predicted molar refractivity (Wildman–Crippen MR) is 45.5 cm³/mol. The van der Waals surface area contributed by atoms with E-state index < -0.39 is 27.8 Å². The Labute approximate surface area is 81.4 Å². The maximum Gasteiger partial charge on any atom is 0.490 e. The fraction of sp³-hybridized carbons (Fsp3) is 0. The Hall–Kier alpha value is -0.865. The van der Waals surface area contributed by atoms with Gasteiger partial charge in [-0.1, -0.05) is 25.5 Å². The predicted octanol–water partition coefficient (Wildman–Crippen LogP) is 1.42. The second-order valence-electron chi connectivity index (χ2n) is 2.77. The third kappa shape index (κ3) is 3.04. The van der Waals surface area contributed by atoms with Crippen molar-refractivity contribution >= 4 is 22.8 Å². The molecule has 1 aromatic rings. The number of halogens is 5. The summed E-state index contributed by atoms with van der Waals surface area (Å²) in [7, 11) is -11.8. The molecule has 86 valence electrons. The van der Waals surface area contributed by atoms with E-state index in [-0.39, 0.29) is 6.07 Å². The lowest BCUT2D eigenvalue weighted by Gasteiger charge is -2.39. The molecule has 0 saturated heterocycles. The summed E-state index contributed by atoms with van der Waals surface area (Å²) in [6.45, 7) is 0. The van der Waals surface area contributed by atoms with Crippen LogP contribution in [0.1, 0.15) is 0 Å². The van der Waals surface area contributed by atoms with Crippen LogP contribution < -0.4 is 5.46 Å². The Kier molecular flexibility index (Phi) is 2.14. The lowest BCUT2D eigenvalue weighted by molar-refractivity contribution is 0.358. The second-order valence-corrected chi connectivity index (χ2v) is 5.13. The van der Waals surface area contributed by atoms with E-state index >= 15 is 0 Å². The molecule has 0 amide bonds. The summed E-state index contributed by atoms with van der Waals surface area (Å²) in [5, 5.41) is 14.7. The van der Waals surface area contributed by atoms with E-state index in [1.807, 2.05) is 0 Å². The van der Waals surface area contributed by atoms with E-state index in [0.717, 1.165) is 0 Å². The number of pyridine rings is 1. The van der Waals surface area contributed by atoms with Gasteiger partial charge in [0.1, 0.15) is 0 Å². The molecule has 0 aromatic carbocycles. The van der Waals surface area contributed by atoms with Crippen molar-refractivity contribution in [3.8, 4) is 0 Å². The largest absolute Gasteiger partial charge is 0.490 e. The highest BCUT2D eigenvalue weighted by Crippen LogP contribution is 3.01. The minimum Gasteiger partial charge on any atom is -0.423 e. The molecule has 0 unspecified atom stereocenters. The Balaban J connectivity index is 3.23. The molecule has 15 heavy (non-hydrogen) atoms. The molecule has 10 heteroatoms. The van der Waals surface area contributed by atoms with Crippen molar-refractivity contribution < 1.29 is 29.5 Å². The van der Waals surface area contributed by atoms with Gasteiger partial charge in [-0.3, -0.25) is 0 Å². The first-order valence-electron chi connectivity index (χ1n) is 3.46. The molecule has 1 heterocycles. The van der Waals surface area contributed by atoms with E-state index in [1.165, 1.54) is 0 Å². The van der Waals surface area contributed by atoms with Crippen LogP contribution >= 0.6 is 10.2 Å². The maximum absolute atomic E-state index is 12.1. The van der Waals surface area contributed by atoms with Crippen LogP contribution in [0.4, 0.5) is 19.4 Å². The monoisotopic (exact) mass is 249 g/mol. The summed E-state index contributed by atoms with van der Waals surface area (Å²) in [6, 6.07) is 0.529. The van der Waals surface area contributed by atoms with Crippen molar-refractivity contribution in [1.82, 2.24) is 4.98 Å². The number of hydrogen-bond donors (Lipinski definition) is 2. The van der Waals surface area contributed by atoms with Crippen molar-refractivity contribution in [1.29, 1.82) is 0 Å². The first-order valence-corrected chi connectivity index (χ1v) is 5.41. The van der Waals surface area contributed by atoms with E-state index in [4.69, 9.17) is 10.0 Å². The van der Waals surface area contributed by atoms with Crippen LogP contribution in [0.15, 0.2) is 23.4 Å². The molecular weight excluding hydrogens is 244 g/mol. The molecule has 1 aromatic heterocycles. The van der Waals surface area contributed by atoms with Crippen LogP contribution in [0.3, 0.4) is 0 Å². The zero-order valence-electron chi connectivity index (χ0n) is 6.95. The molecule has 0 fully saturated rings. The van der Waals surface area contributed by atoms with Crippen LogP contribution in [0.25, 0.3) is 0 Å².